The average Bonchev–Trinajstić information content (AvgIpc) is 2.88. The van der Waals surface area contributed by atoms with Gasteiger partial charge in [-0.3, -0.25) is 0 Å². The fourth-order valence-corrected chi connectivity index (χ4v) is 3.58. The van der Waals surface area contributed by atoms with Gasteiger partial charge in [-0.2, -0.15) is 5.26 Å². The Balaban J connectivity index is 2.09. The molecule has 3 atom stereocenters. The predicted octanol–water partition coefficient (Wildman–Crippen LogP) is 3.31. The van der Waals surface area contributed by atoms with Crippen LogP contribution >= 0.6 is 0 Å². The van der Waals surface area contributed by atoms with Crippen LogP contribution in [0.3, 0.4) is 0 Å². The second-order valence-corrected chi connectivity index (χ2v) is 5.92. The zero-order valence-electron chi connectivity index (χ0n) is 12.5. The third-order valence-corrected chi connectivity index (χ3v) is 4.77. The van der Waals surface area contributed by atoms with Crippen molar-refractivity contribution in [3.05, 3.63) is 42.0 Å². The number of rotatable bonds is 2. The number of benzene rings is 2. The highest BCUT2D eigenvalue weighted by Gasteiger charge is 2.34. The molecule has 1 N–H and O–H groups in total. The minimum atomic E-state index is -0.283. The number of aliphatic hydroxyl groups excluding tert-OH is 1. The molecule has 0 amide bonds. The summed E-state index contributed by atoms with van der Waals surface area (Å²) >= 11 is 0. The van der Waals surface area contributed by atoms with Gasteiger partial charge in [-0.1, -0.05) is 24.3 Å². The van der Waals surface area contributed by atoms with Gasteiger partial charge in [0.05, 0.1) is 17.7 Å². The van der Waals surface area contributed by atoms with E-state index < -0.39 is 0 Å². The van der Waals surface area contributed by atoms with E-state index in [1.54, 1.807) is 0 Å². The van der Waals surface area contributed by atoms with Crippen molar-refractivity contribution >= 4 is 16.5 Å². The lowest BCUT2D eigenvalue weighted by Crippen LogP contribution is -2.33. The summed E-state index contributed by atoms with van der Waals surface area (Å²) in [6, 6.07) is 14.6. The van der Waals surface area contributed by atoms with Crippen LogP contribution in [0.2, 0.25) is 0 Å². The minimum Gasteiger partial charge on any atom is -0.393 e. The lowest BCUT2D eigenvalue weighted by molar-refractivity contribution is 0.123. The van der Waals surface area contributed by atoms with Crippen molar-refractivity contribution in [2.45, 2.75) is 32.4 Å². The van der Waals surface area contributed by atoms with Gasteiger partial charge in [0.15, 0.2) is 0 Å². The van der Waals surface area contributed by atoms with Crippen molar-refractivity contribution in [1.82, 2.24) is 0 Å². The summed E-state index contributed by atoms with van der Waals surface area (Å²) in [5.41, 5.74) is 1.88. The molecule has 3 nitrogen and oxygen atoms in total. The fraction of sp³-hybridized carbons (Fsp3) is 0.389. The third kappa shape index (κ3) is 2.26. The topological polar surface area (TPSA) is 47.3 Å². The maximum absolute atomic E-state index is 9.91. The van der Waals surface area contributed by atoms with E-state index in [2.05, 4.69) is 24.0 Å². The highest BCUT2D eigenvalue weighted by atomic mass is 16.3. The summed E-state index contributed by atoms with van der Waals surface area (Å²) in [5.74, 6) is 0.305. The van der Waals surface area contributed by atoms with Gasteiger partial charge >= 0.3 is 0 Å². The van der Waals surface area contributed by atoms with E-state index in [9.17, 15) is 10.4 Å². The molecular formula is C18H20N2O. The Morgan fingerprint density at radius 2 is 1.95 bits per heavy atom. The first kappa shape index (κ1) is 13.9. The smallest absolute Gasteiger partial charge is 0.0998 e. The molecule has 3 rings (SSSR count). The van der Waals surface area contributed by atoms with Gasteiger partial charge in [0, 0.05) is 35.0 Å². The first-order valence-electron chi connectivity index (χ1n) is 7.50. The molecule has 0 saturated carbocycles. The van der Waals surface area contributed by atoms with E-state index in [0.29, 0.717) is 17.5 Å². The molecule has 1 aliphatic rings. The maximum atomic E-state index is 9.91. The minimum absolute atomic E-state index is 0.283. The quantitative estimate of drug-likeness (QED) is 0.918. The van der Waals surface area contributed by atoms with Crippen LogP contribution in [0.15, 0.2) is 36.4 Å². The number of hydrogen-bond acceptors (Lipinski definition) is 3. The highest BCUT2D eigenvalue weighted by molar-refractivity contribution is 5.98. The molecule has 0 radical (unpaired) electrons. The summed E-state index contributed by atoms with van der Waals surface area (Å²) in [5, 5.41) is 21.3. The average molecular weight is 280 g/mol. The van der Waals surface area contributed by atoms with Crippen molar-refractivity contribution in [2.75, 3.05) is 11.4 Å². The molecule has 0 aliphatic carbocycles. The Labute approximate surface area is 125 Å². The van der Waals surface area contributed by atoms with Gasteiger partial charge in [0.25, 0.3) is 0 Å². The zero-order valence-corrected chi connectivity index (χ0v) is 12.5. The van der Waals surface area contributed by atoms with Crippen LogP contribution < -0.4 is 4.90 Å². The molecule has 2 aromatic rings. The molecule has 1 heterocycles. The number of hydrogen-bond donors (Lipinski definition) is 1. The molecule has 108 valence electrons. The third-order valence-electron chi connectivity index (χ3n) is 4.77. The largest absolute Gasteiger partial charge is 0.393 e. The van der Waals surface area contributed by atoms with Gasteiger partial charge in [0.2, 0.25) is 0 Å². The molecule has 3 unspecified atom stereocenters. The van der Waals surface area contributed by atoms with Crippen LogP contribution in [0.5, 0.6) is 0 Å². The number of fused-ring (bicyclic) bond motifs is 1. The number of anilines is 1. The summed E-state index contributed by atoms with van der Waals surface area (Å²) in [7, 11) is 0. The fourth-order valence-electron chi connectivity index (χ4n) is 3.58. The standard InChI is InChI=1S/C18H20N2O/c1-12-15(13(2)21)9-10-20(12)18-8-7-14(11-19)16-5-3-4-6-17(16)18/h3-8,12-13,15,21H,9-10H2,1-2H3. The van der Waals surface area contributed by atoms with Gasteiger partial charge in [-0.25, -0.2) is 0 Å². The summed E-state index contributed by atoms with van der Waals surface area (Å²) in [4.78, 5) is 2.36. The maximum Gasteiger partial charge on any atom is 0.0998 e. The normalized spacial score (nSPS) is 23.2. The van der Waals surface area contributed by atoms with E-state index in [0.717, 1.165) is 23.7 Å². The Morgan fingerprint density at radius 3 is 2.57 bits per heavy atom. The van der Waals surface area contributed by atoms with Crippen molar-refractivity contribution in [3.63, 3.8) is 0 Å². The molecule has 1 aliphatic heterocycles. The molecular weight excluding hydrogens is 260 g/mol. The lowest BCUT2D eigenvalue weighted by Gasteiger charge is -2.29. The van der Waals surface area contributed by atoms with Crippen LogP contribution in [-0.2, 0) is 0 Å². The summed E-state index contributed by atoms with van der Waals surface area (Å²) in [6.07, 6.45) is 0.724. The Hall–Kier alpha value is -2.05. The number of nitrogens with zero attached hydrogens (tertiary/aromatic N) is 2. The van der Waals surface area contributed by atoms with Gasteiger partial charge in [-0.15, -0.1) is 0 Å². The highest BCUT2D eigenvalue weighted by Crippen LogP contribution is 2.36. The molecule has 0 aromatic heterocycles. The molecule has 0 bridgehead atoms. The van der Waals surface area contributed by atoms with E-state index >= 15 is 0 Å². The summed E-state index contributed by atoms with van der Waals surface area (Å²) < 4.78 is 0. The molecule has 0 spiro atoms. The van der Waals surface area contributed by atoms with Crippen molar-refractivity contribution in [1.29, 1.82) is 5.26 Å². The Morgan fingerprint density at radius 1 is 1.24 bits per heavy atom. The molecule has 1 saturated heterocycles. The van der Waals surface area contributed by atoms with Crippen LogP contribution in [0, 0.1) is 17.2 Å². The Bertz CT molecular complexity index is 702. The molecule has 2 aromatic carbocycles. The van der Waals surface area contributed by atoms with Crippen LogP contribution in [0.1, 0.15) is 25.8 Å². The monoisotopic (exact) mass is 280 g/mol. The summed E-state index contributed by atoms with van der Waals surface area (Å²) in [6.45, 7) is 5.01. The van der Waals surface area contributed by atoms with Crippen molar-refractivity contribution in [3.8, 4) is 6.07 Å². The SMILES string of the molecule is CC(O)C1CCN(c2ccc(C#N)c3ccccc23)C1C. The van der Waals surface area contributed by atoms with Crippen LogP contribution in [0.4, 0.5) is 5.69 Å². The van der Waals surface area contributed by atoms with Crippen molar-refractivity contribution in [2.24, 2.45) is 5.92 Å². The van der Waals surface area contributed by atoms with Gasteiger partial charge < -0.3 is 10.0 Å². The second kappa shape index (κ2) is 5.38. The second-order valence-electron chi connectivity index (χ2n) is 5.92. The van der Waals surface area contributed by atoms with E-state index in [1.807, 2.05) is 37.3 Å². The number of nitriles is 1. The molecule has 3 heteroatoms. The lowest BCUT2D eigenvalue weighted by atomic mass is 9.96. The van der Waals surface area contributed by atoms with E-state index in [4.69, 9.17) is 0 Å². The zero-order chi connectivity index (χ0) is 15.0. The first-order valence-corrected chi connectivity index (χ1v) is 7.50. The molecule has 21 heavy (non-hydrogen) atoms. The van der Waals surface area contributed by atoms with Gasteiger partial charge in [0.1, 0.15) is 0 Å². The van der Waals surface area contributed by atoms with E-state index in [-0.39, 0.29) is 6.10 Å². The predicted molar refractivity (Wildman–Crippen MR) is 85.3 cm³/mol. The molecule has 1 fully saturated rings. The van der Waals surface area contributed by atoms with Crippen LogP contribution in [-0.4, -0.2) is 23.8 Å². The van der Waals surface area contributed by atoms with E-state index in [1.165, 1.54) is 5.69 Å². The van der Waals surface area contributed by atoms with Crippen LogP contribution in [0.25, 0.3) is 10.8 Å². The Kier molecular flexibility index (Phi) is 3.57. The number of aliphatic hydroxyl groups is 1. The van der Waals surface area contributed by atoms with Crippen molar-refractivity contribution < 1.29 is 5.11 Å². The first-order chi connectivity index (χ1) is 10.1. The van der Waals surface area contributed by atoms with Gasteiger partial charge in [-0.05, 0) is 32.4 Å².